The molecule has 0 bridgehead atoms. The first-order chi connectivity index (χ1) is 9.11. The summed E-state index contributed by atoms with van der Waals surface area (Å²) in [5.74, 6) is -0.184. The Morgan fingerprint density at radius 3 is 2.42 bits per heavy atom. The molecule has 100 valence electrons. The minimum Gasteiger partial charge on any atom is -0.313 e. The van der Waals surface area contributed by atoms with Crippen LogP contribution in [-0.2, 0) is 6.54 Å². The first-order valence-electron chi connectivity index (χ1n) is 6.68. The second-order valence-electron chi connectivity index (χ2n) is 4.89. The summed E-state index contributed by atoms with van der Waals surface area (Å²) in [6, 6.07) is 11.3. The minimum atomic E-state index is -0.184. The zero-order valence-electron chi connectivity index (χ0n) is 11.8. The SMILES string of the molecule is CCNCc1ccc(-c2cc(F)ccc2C)c(C)c1. The molecule has 0 spiro atoms. The predicted octanol–water partition coefficient (Wildman–Crippen LogP) is 4.22. The van der Waals surface area contributed by atoms with Gasteiger partial charge in [-0.25, -0.2) is 4.39 Å². The molecule has 2 aromatic carbocycles. The van der Waals surface area contributed by atoms with Gasteiger partial charge in [-0.15, -0.1) is 0 Å². The van der Waals surface area contributed by atoms with E-state index in [1.807, 2.05) is 13.0 Å². The Kier molecular flexibility index (Phi) is 4.33. The van der Waals surface area contributed by atoms with Crippen molar-refractivity contribution in [2.45, 2.75) is 27.3 Å². The van der Waals surface area contributed by atoms with Gasteiger partial charge in [0.1, 0.15) is 5.82 Å². The summed E-state index contributed by atoms with van der Waals surface area (Å²) in [6.45, 7) is 8.02. The molecule has 0 atom stereocenters. The zero-order chi connectivity index (χ0) is 13.8. The average molecular weight is 257 g/mol. The molecule has 2 rings (SSSR count). The van der Waals surface area contributed by atoms with Gasteiger partial charge in [-0.05, 0) is 60.3 Å². The number of hydrogen-bond acceptors (Lipinski definition) is 1. The van der Waals surface area contributed by atoms with Crippen molar-refractivity contribution in [3.63, 3.8) is 0 Å². The lowest BCUT2D eigenvalue weighted by Gasteiger charge is -2.11. The molecule has 19 heavy (non-hydrogen) atoms. The fourth-order valence-electron chi connectivity index (χ4n) is 2.29. The Labute approximate surface area is 114 Å². The van der Waals surface area contributed by atoms with Crippen LogP contribution in [0.2, 0.25) is 0 Å². The topological polar surface area (TPSA) is 12.0 Å². The monoisotopic (exact) mass is 257 g/mol. The molecule has 0 radical (unpaired) electrons. The van der Waals surface area contributed by atoms with Crippen molar-refractivity contribution < 1.29 is 4.39 Å². The molecule has 0 saturated carbocycles. The molecule has 1 N–H and O–H groups in total. The summed E-state index contributed by atoms with van der Waals surface area (Å²) >= 11 is 0. The van der Waals surface area contributed by atoms with Gasteiger partial charge in [-0.2, -0.15) is 0 Å². The summed E-state index contributed by atoms with van der Waals surface area (Å²) in [5, 5.41) is 3.31. The summed E-state index contributed by atoms with van der Waals surface area (Å²) < 4.78 is 13.4. The number of hydrogen-bond donors (Lipinski definition) is 1. The fourth-order valence-corrected chi connectivity index (χ4v) is 2.29. The van der Waals surface area contributed by atoms with Crippen LogP contribution in [-0.4, -0.2) is 6.54 Å². The van der Waals surface area contributed by atoms with E-state index in [9.17, 15) is 4.39 Å². The molecular formula is C17H20FN. The molecule has 0 amide bonds. The number of rotatable bonds is 4. The largest absolute Gasteiger partial charge is 0.313 e. The highest BCUT2D eigenvalue weighted by atomic mass is 19.1. The van der Waals surface area contributed by atoms with E-state index in [0.717, 1.165) is 29.8 Å². The van der Waals surface area contributed by atoms with E-state index in [2.05, 4.69) is 37.4 Å². The van der Waals surface area contributed by atoms with Crippen LogP contribution in [0.5, 0.6) is 0 Å². The van der Waals surface area contributed by atoms with Gasteiger partial charge in [0.05, 0.1) is 0 Å². The van der Waals surface area contributed by atoms with Crippen molar-refractivity contribution in [1.82, 2.24) is 5.32 Å². The van der Waals surface area contributed by atoms with Crippen LogP contribution in [0.15, 0.2) is 36.4 Å². The van der Waals surface area contributed by atoms with Crippen molar-refractivity contribution in [3.05, 3.63) is 58.9 Å². The quantitative estimate of drug-likeness (QED) is 0.864. The highest BCUT2D eigenvalue weighted by molar-refractivity contribution is 5.70. The molecule has 0 unspecified atom stereocenters. The van der Waals surface area contributed by atoms with E-state index >= 15 is 0 Å². The number of halogens is 1. The number of benzene rings is 2. The molecule has 0 fully saturated rings. The van der Waals surface area contributed by atoms with Crippen LogP contribution >= 0.6 is 0 Å². The van der Waals surface area contributed by atoms with Gasteiger partial charge in [0.25, 0.3) is 0 Å². The normalized spacial score (nSPS) is 10.7. The van der Waals surface area contributed by atoms with Crippen molar-refractivity contribution in [2.75, 3.05) is 6.54 Å². The second-order valence-corrected chi connectivity index (χ2v) is 4.89. The lowest BCUT2D eigenvalue weighted by Crippen LogP contribution is -2.11. The summed E-state index contributed by atoms with van der Waals surface area (Å²) in [4.78, 5) is 0. The number of nitrogens with one attached hydrogen (secondary N) is 1. The molecule has 0 heterocycles. The average Bonchev–Trinajstić information content (AvgIpc) is 2.40. The maximum Gasteiger partial charge on any atom is 0.123 e. The second kappa shape index (κ2) is 5.98. The Hall–Kier alpha value is -1.67. The first kappa shape index (κ1) is 13.8. The predicted molar refractivity (Wildman–Crippen MR) is 78.7 cm³/mol. The molecule has 2 aromatic rings. The fraction of sp³-hybridized carbons (Fsp3) is 0.294. The Balaban J connectivity index is 2.37. The van der Waals surface area contributed by atoms with Crippen molar-refractivity contribution in [3.8, 4) is 11.1 Å². The minimum absolute atomic E-state index is 0.184. The van der Waals surface area contributed by atoms with Crippen molar-refractivity contribution in [2.24, 2.45) is 0 Å². The molecule has 0 aliphatic carbocycles. The molecular weight excluding hydrogens is 237 g/mol. The van der Waals surface area contributed by atoms with Gasteiger partial charge in [-0.1, -0.05) is 31.2 Å². The Bertz CT molecular complexity index is 575. The lowest BCUT2D eigenvalue weighted by atomic mass is 9.95. The molecule has 0 saturated heterocycles. The van der Waals surface area contributed by atoms with Crippen LogP contribution in [0.25, 0.3) is 11.1 Å². The van der Waals surface area contributed by atoms with Crippen LogP contribution in [0, 0.1) is 19.7 Å². The molecule has 1 nitrogen and oxygen atoms in total. The maximum atomic E-state index is 13.4. The third kappa shape index (κ3) is 3.21. The summed E-state index contributed by atoms with van der Waals surface area (Å²) in [6.07, 6.45) is 0. The van der Waals surface area contributed by atoms with Crippen molar-refractivity contribution >= 4 is 0 Å². The summed E-state index contributed by atoms with van der Waals surface area (Å²) in [7, 11) is 0. The molecule has 0 aliphatic rings. The van der Waals surface area contributed by atoms with E-state index in [1.54, 1.807) is 6.07 Å². The van der Waals surface area contributed by atoms with E-state index < -0.39 is 0 Å². The van der Waals surface area contributed by atoms with E-state index in [4.69, 9.17) is 0 Å². The standard InChI is InChI=1S/C17H20FN/c1-4-19-11-14-6-8-16(13(3)9-14)17-10-15(18)7-5-12(17)2/h5-10,19H,4,11H2,1-3H3. The molecule has 2 heteroatoms. The van der Waals surface area contributed by atoms with Gasteiger partial charge < -0.3 is 5.32 Å². The van der Waals surface area contributed by atoms with Gasteiger partial charge in [0.2, 0.25) is 0 Å². The summed E-state index contributed by atoms with van der Waals surface area (Å²) in [5.41, 5.74) is 5.63. The Morgan fingerprint density at radius 1 is 0.947 bits per heavy atom. The van der Waals surface area contributed by atoms with Gasteiger partial charge >= 0.3 is 0 Å². The van der Waals surface area contributed by atoms with Gasteiger partial charge in [0, 0.05) is 6.54 Å². The number of aryl methyl sites for hydroxylation is 2. The highest BCUT2D eigenvalue weighted by Crippen LogP contribution is 2.28. The molecule has 0 aromatic heterocycles. The first-order valence-corrected chi connectivity index (χ1v) is 6.68. The van der Waals surface area contributed by atoms with Gasteiger partial charge in [0.15, 0.2) is 0 Å². The van der Waals surface area contributed by atoms with Crippen molar-refractivity contribution in [1.29, 1.82) is 0 Å². The third-order valence-corrected chi connectivity index (χ3v) is 3.36. The van der Waals surface area contributed by atoms with Crippen LogP contribution in [0.3, 0.4) is 0 Å². The van der Waals surface area contributed by atoms with Crippen LogP contribution in [0.4, 0.5) is 4.39 Å². The third-order valence-electron chi connectivity index (χ3n) is 3.36. The van der Waals surface area contributed by atoms with Crippen LogP contribution < -0.4 is 5.32 Å². The molecule has 0 aliphatic heterocycles. The van der Waals surface area contributed by atoms with E-state index in [1.165, 1.54) is 17.2 Å². The van der Waals surface area contributed by atoms with E-state index in [-0.39, 0.29) is 5.82 Å². The smallest absolute Gasteiger partial charge is 0.123 e. The van der Waals surface area contributed by atoms with E-state index in [0.29, 0.717) is 0 Å². The zero-order valence-corrected chi connectivity index (χ0v) is 11.8. The van der Waals surface area contributed by atoms with Gasteiger partial charge in [-0.3, -0.25) is 0 Å². The Morgan fingerprint density at radius 2 is 1.74 bits per heavy atom. The maximum absolute atomic E-state index is 13.4. The highest BCUT2D eigenvalue weighted by Gasteiger charge is 2.07. The lowest BCUT2D eigenvalue weighted by molar-refractivity contribution is 0.628. The van der Waals surface area contributed by atoms with Crippen LogP contribution in [0.1, 0.15) is 23.6 Å².